The van der Waals surface area contributed by atoms with Gasteiger partial charge in [0.15, 0.2) is 0 Å². The molecule has 1 aliphatic rings. The summed E-state index contributed by atoms with van der Waals surface area (Å²) in [5, 5.41) is 3.43. The van der Waals surface area contributed by atoms with Gasteiger partial charge in [-0.1, -0.05) is 30.3 Å². The lowest BCUT2D eigenvalue weighted by molar-refractivity contribution is 0.461. The fourth-order valence-corrected chi connectivity index (χ4v) is 2.75. The standard InChI is InChI=1S/C16H18N2/c1-2-4-13(5-3-1)16-12-18-11-8-15(16)14-6-9-17-10-7-14/h1-5,8,11-12,14,17H,6-7,9-10H2. The predicted octanol–water partition coefficient (Wildman–Crippen LogP) is 3.22. The second kappa shape index (κ2) is 5.32. The van der Waals surface area contributed by atoms with E-state index in [-0.39, 0.29) is 0 Å². The summed E-state index contributed by atoms with van der Waals surface area (Å²) in [6, 6.07) is 12.8. The molecule has 0 aliphatic carbocycles. The van der Waals surface area contributed by atoms with E-state index in [1.807, 2.05) is 12.4 Å². The average Bonchev–Trinajstić information content (AvgIpc) is 2.49. The van der Waals surface area contributed by atoms with Gasteiger partial charge in [0.1, 0.15) is 0 Å². The van der Waals surface area contributed by atoms with Gasteiger partial charge in [0.25, 0.3) is 0 Å². The number of pyridine rings is 1. The zero-order valence-electron chi connectivity index (χ0n) is 10.5. The number of aromatic nitrogens is 1. The number of piperidine rings is 1. The van der Waals surface area contributed by atoms with Crippen molar-refractivity contribution in [2.24, 2.45) is 0 Å². The molecule has 2 nitrogen and oxygen atoms in total. The highest BCUT2D eigenvalue weighted by molar-refractivity contribution is 5.66. The Morgan fingerprint density at radius 2 is 1.78 bits per heavy atom. The number of nitrogens with one attached hydrogen (secondary N) is 1. The molecular formula is C16H18N2. The molecule has 18 heavy (non-hydrogen) atoms. The van der Waals surface area contributed by atoms with Crippen LogP contribution in [-0.4, -0.2) is 18.1 Å². The molecule has 1 fully saturated rings. The van der Waals surface area contributed by atoms with E-state index >= 15 is 0 Å². The molecule has 0 radical (unpaired) electrons. The minimum absolute atomic E-state index is 0.671. The van der Waals surface area contributed by atoms with Crippen LogP contribution in [0.1, 0.15) is 24.3 Å². The maximum atomic E-state index is 4.30. The number of hydrogen-bond acceptors (Lipinski definition) is 2. The molecule has 1 aliphatic heterocycles. The Morgan fingerprint density at radius 1 is 1.00 bits per heavy atom. The Hall–Kier alpha value is -1.67. The maximum absolute atomic E-state index is 4.30. The molecule has 0 spiro atoms. The number of rotatable bonds is 2. The summed E-state index contributed by atoms with van der Waals surface area (Å²) in [7, 11) is 0. The van der Waals surface area contributed by atoms with E-state index in [4.69, 9.17) is 0 Å². The third-order valence-corrected chi connectivity index (χ3v) is 3.72. The van der Waals surface area contributed by atoms with Crippen molar-refractivity contribution in [1.82, 2.24) is 10.3 Å². The van der Waals surface area contributed by atoms with Crippen LogP contribution in [0.5, 0.6) is 0 Å². The molecule has 0 unspecified atom stereocenters. The van der Waals surface area contributed by atoms with Crippen molar-refractivity contribution in [2.75, 3.05) is 13.1 Å². The van der Waals surface area contributed by atoms with Crippen LogP contribution in [0.2, 0.25) is 0 Å². The van der Waals surface area contributed by atoms with Crippen molar-refractivity contribution in [3.05, 3.63) is 54.4 Å². The molecule has 0 atom stereocenters. The largest absolute Gasteiger partial charge is 0.317 e. The molecule has 2 heterocycles. The van der Waals surface area contributed by atoms with Crippen molar-refractivity contribution in [3.8, 4) is 11.1 Å². The molecule has 0 saturated carbocycles. The van der Waals surface area contributed by atoms with E-state index in [0.717, 1.165) is 13.1 Å². The Balaban J connectivity index is 1.99. The molecule has 3 rings (SSSR count). The Labute approximate surface area is 108 Å². The fourth-order valence-electron chi connectivity index (χ4n) is 2.75. The van der Waals surface area contributed by atoms with Crippen molar-refractivity contribution in [1.29, 1.82) is 0 Å². The van der Waals surface area contributed by atoms with E-state index in [9.17, 15) is 0 Å². The van der Waals surface area contributed by atoms with E-state index < -0.39 is 0 Å². The van der Waals surface area contributed by atoms with Gasteiger partial charge in [-0.05, 0) is 49.0 Å². The van der Waals surface area contributed by atoms with Crippen LogP contribution in [0.3, 0.4) is 0 Å². The first-order chi connectivity index (χ1) is 8.95. The minimum Gasteiger partial charge on any atom is -0.317 e. The first kappa shape index (κ1) is 11.4. The molecule has 1 aromatic carbocycles. The Morgan fingerprint density at radius 3 is 2.56 bits per heavy atom. The Kier molecular flexibility index (Phi) is 3.37. The van der Waals surface area contributed by atoms with Crippen LogP contribution >= 0.6 is 0 Å². The summed E-state index contributed by atoms with van der Waals surface area (Å²) in [6.07, 6.45) is 6.38. The average molecular weight is 238 g/mol. The van der Waals surface area contributed by atoms with Crippen molar-refractivity contribution in [3.63, 3.8) is 0 Å². The third kappa shape index (κ3) is 2.29. The summed E-state index contributed by atoms with van der Waals surface area (Å²) in [5.74, 6) is 0.671. The topological polar surface area (TPSA) is 24.9 Å². The van der Waals surface area contributed by atoms with Gasteiger partial charge in [0, 0.05) is 18.0 Å². The Bertz CT molecular complexity index is 502. The monoisotopic (exact) mass is 238 g/mol. The van der Waals surface area contributed by atoms with Gasteiger partial charge in [0.2, 0.25) is 0 Å². The van der Waals surface area contributed by atoms with Gasteiger partial charge in [-0.3, -0.25) is 4.98 Å². The van der Waals surface area contributed by atoms with Gasteiger partial charge in [-0.2, -0.15) is 0 Å². The van der Waals surface area contributed by atoms with E-state index in [1.165, 1.54) is 29.5 Å². The van der Waals surface area contributed by atoms with Gasteiger partial charge in [-0.15, -0.1) is 0 Å². The second-order valence-corrected chi connectivity index (χ2v) is 4.85. The molecule has 1 N–H and O–H groups in total. The third-order valence-electron chi connectivity index (χ3n) is 3.72. The molecule has 1 saturated heterocycles. The summed E-state index contributed by atoms with van der Waals surface area (Å²) in [6.45, 7) is 2.25. The lowest BCUT2D eigenvalue weighted by Gasteiger charge is -2.25. The first-order valence-electron chi connectivity index (χ1n) is 6.65. The lowest BCUT2D eigenvalue weighted by Crippen LogP contribution is -2.26. The molecule has 2 aromatic rings. The summed E-state index contributed by atoms with van der Waals surface area (Å²) in [4.78, 5) is 4.30. The highest BCUT2D eigenvalue weighted by Crippen LogP contribution is 2.33. The number of benzene rings is 1. The van der Waals surface area contributed by atoms with E-state index in [1.54, 1.807) is 0 Å². The predicted molar refractivity (Wildman–Crippen MR) is 74.5 cm³/mol. The SMILES string of the molecule is c1ccc(-c2cnccc2C2CCNCC2)cc1. The number of nitrogens with zero attached hydrogens (tertiary/aromatic N) is 1. The summed E-state index contributed by atoms with van der Waals surface area (Å²) >= 11 is 0. The van der Waals surface area contributed by atoms with Crippen LogP contribution in [0.25, 0.3) is 11.1 Å². The van der Waals surface area contributed by atoms with Gasteiger partial charge in [0.05, 0.1) is 0 Å². The molecule has 1 aromatic heterocycles. The fraction of sp³-hybridized carbons (Fsp3) is 0.312. The van der Waals surface area contributed by atoms with Crippen molar-refractivity contribution < 1.29 is 0 Å². The zero-order chi connectivity index (χ0) is 12.2. The first-order valence-corrected chi connectivity index (χ1v) is 6.65. The minimum atomic E-state index is 0.671. The van der Waals surface area contributed by atoms with Crippen LogP contribution in [0.4, 0.5) is 0 Å². The molecular weight excluding hydrogens is 220 g/mol. The smallest absolute Gasteiger partial charge is 0.0349 e. The normalized spacial score (nSPS) is 16.7. The van der Waals surface area contributed by atoms with Crippen molar-refractivity contribution >= 4 is 0 Å². The maximum Gasteiger partial charge on any atom is 0.0349 e. The van der Waals surface area contributed by atoms with Gasteiger partial charge >= 0.3 is 0 Å². The molecule has 0 amide bonds. The molecule has 2 heteroatoms. The quantitative estimate of drug-likeness (QED) is 0.869. The zero-order valence-corrected chi connectivity index (χ0v) is 10.5. The van der Waals surface area contributed by atoms with E-state index in [0.29, 0.717) is 5.92 Å². The summed E-state index contributed by atoms with van der Waals surface area (Å²) in [5.41, 5.74) is 4.03. The highest BCUT2D eigenvalue weighted by Gasteiger charge is 2.18. The molecule has 0 bridgehead atoms. The lowest BCUT2D eigenvalue weighted by atomic mass is 9.86. The van der Waals surface area contributed by atoms with Crippen molar-refractivity contribution in [2.45, 2.75) is 18.8 Å². The van der Waals surface area contributed by atoms with Crippen LogP contribution < -0.4 is 5.32 Å². The van der Waals surface area contributed by atoms with Gasteiger partial charge < -0.3 is 5.32 Å². The summed E-state index contributed by atoms with van der Waals surface area (Å²) < 4.78 is 0. The van der Waals surface area contributed by atoms with Crippen LogP contribution in [-0.2, 0) is 0 Å². The van der Waals surface area contributed by atoms with E-state index in [2.05, 4.69) is 46.7 Å². The molecule has 92 valence electrons. The van der Waals surface area contributed by atoms with Gasteiger partial charge in [-0.25, -0.2) is 0 Å². The highest BCUT2D eigenvalue weighted by atomic mass is 14.9. The number of hydrogen-bond donors (Lipinski definition) is 1. The van der Waals surface area contributed by atoms with Crippen LogP contribution in [0, 0.1) is 0 Å². The van der Waals surface area contributed by atoms with Crippen LogP contribution in [0.15, 0.2) is 48.8 Å². The second-order valence-electron chi connectivity index (χ2n) is 4.85.